The van der Waals surface area contributed by atoms with Crippen LogP contribution in [0, 0.1) is 0 Å². The molecule has 1 aromatic heterocycles. The van der Waals surface area contributed by atoms with Crippen LogP contribution in [0.5, 0.6) is 0 Å². The molecule has 0 fully saturated rings. The highest BCUT2D eigenvalue weighted by molar-refractivity contribution is 9.10. The van der Waals surface area contributed by atoms with Gasteiger partial charge in [-0.3, -0.25) is 4.72 Å². The minimum Gasteiger partial charge on any atom is -0.278 e. The summed E-state index contributed by atoms with van der Waals surface area (Å²) in [6.07, 6.45) is 1.23. The van der Waals surface area contributed by atoms with Crippen molar-refractivity contribution in [2.45, 2.75) is 4.21 Å². The number of sulfonamides is 1. The van der Waals surface area contributed by atoms with Crippen LogP contribution in [-0.2, 0) is 10.0 Å². The Morgan fingerprint density at radius 3 is 2.65 bits per heavy atom. The van der Waals surface area contributed by atoms with E-state index in [2.05, 4.69) is 25.6 Å². The summed E-state index contributed by atoms with van der Waals surface area (Å²) < 4.78 is 27.3. The number of thiazole rings is 1. The fourth-order valence-electron chi connectivity index (χ4n) is 1.10. The van der Waals surface area contributed by atoms with Crippen molar-refractivity contribution in [3.8, 4) is 0 Å². The summed E-state index contributed by atoms with van der Waals surface area (Å²) in [7, 11) is -3.62. The van der Waals surface area contributed by atoms with Crippen LogP contribution in [0.1, 0.15) is 0 Å². The van der Waals surface area contributed by atoms with Crippen molar-refractivity contribution >= 4 is 54.6 Å². The van der Waals surface area contributed by atoms with Gasteiger partial charge in [-0.05, 0) is 28.1 Å². The molecule has 2 aromatic rings. The van der Waals surface area contributed by atoms with Crippen LogP contribution < -0.4 is 4.72 Å². The van der Waals surface area contributed by atoms with Gasteiger partial charge in [0.05, 0.1) is 11.9 Å². The second-order valence-corrected chi connectivity index (χ2v) is 7.39. The number of anilines is 1. The molecular formula is C9H6BrClN2O2S2. The summed E-state index contributed by atoms with van der Waals surface area (Å²) in [5, 5.41) is 0. The summed E-state index contributed by atoms with van der Waals surface area (Å²) >= 11 is 9.78. The predicted octanol–water partition coefficient (Wildman–Crippen LogP) is 3.36. The molecule has 0 spiro atoms. The van der Waals surface area contributed by atoms with E-state index >= 15 is 0 Å². The van der Waals surface area contributed by atoms with Gasteiger partial charge in [0, 0.05) is 4.47 Å². The number of hydrogen-bond donors (Lipinski definition) is 1. The Bertz CT molecular complexity index is 642. The van der Waals surface area contributed by atoms with Crippen LogP contribution in [-0.4, -0.2) is 13.4 Å². The van der Waals surface area contributed by atoms with Crippen molar-refractivity contribution in [3.63, 3.8) is 0 Å². The fraction of sp³-hybridized carbons (Fsp3) is 0. The van der Waals surface area contributed by atoms with Crippen molar-refractivity contribution in [2.75, 3.05) is 4.72 Å². The number of nitrogens with zero attached hydrogens (tertiary/aromatic N) is 1. The third kappa shape index (κ3) is 2.98. The Labute approximate surface area is 116 Å². The maximum Gasteiger partial charge on any atom is 0.273 e. The molecular weight excluding hydrogens is 348 g/mol. The third-order valence-corrected chi connectivity index (χ3v) is 5.47. The SMILES string of the molecule is O=S(=O)(Nc1ccccc1Br)c1cnc(Cl)s1. The lowest BCUT2D eigenvalue weighted by molar-refractivity contribution is 0.603. The number of hydrogen-bond acceptors (Lipinski definition) is 4. The Morgan fingerprint density at radius 2 is 2.06 bits per heavy atom. The topological polar surface area (TPSA) is 59.1 Å². The van der Waals surface area contributed by atoms with Crippen molar-refractivity contribution in [3.05, 3.63) is 39.4 Å². The molecule has 0 unspecified atom stereocenters. The van der Waals surface area contributed by atoms with Crippen LogP contribution in [0.25, 0.3) is 0 Å². The van der Waals surface area contributed by atoms with Crippen molar-refractivity contribution in [2.24, 2.45) is 0 Å². The number of aromatic nitrogens is 1. The zero-order chi connectivity index (χ0) is 12.5. The van der Waals surface area contributed by atoms with Crippen LogP contribution in [0.2, 0.25) is 4.47 Å². The standard InChI is InChI=1S/C9H6BrClN2O2S2/c10-6-3-1-2-4-7(6)13-17(14,15)8-5-12-9(11)16-8/h1-5,13H. The van der Waals surface area contributed by atoms with Crippen molar-refractivity contribution in [1.29, 1.82) is 0 Å². The van der Waals surface area contributed by atoms with E-state index in [1.165, 1.54) is 6.20 Å². The van der Waals surface area contributed by atoms with E-state index in [1.54, 1.807) is 24.3 Å². The Morgan fingerprint density at radius 1 is 1.35 bits per heavy atom. The molecule has 0 aliphatic rings. The molecule has 0 aliphatic heterocycles. The quantitative estimate of drug-likeness (QED) is 0.920. The second-order valence-electron chi connectivity index (χ2n) is 3.02. The van der Waals surface area contributed by atoms with Gasteiger partial charge < -0.3 is 0 Å². The first-order valence-corrected chi connectivity index (χ1v) is 7.85. The van der Waals surface area contributed by atoms with Crippen LogP contribution in [0.15, 0.2) is 39.1 Å². The van der Waals surface area contributed by atoms with Gasteiger partial charge in [-0.2, -0.15) is 0 Å². The summed E-state index contributed by atoms with van der Waals surface area (Å²) in [6, 6.07) is 6.94. The zero-order valence-corrected chi connectivity index (χ0v) is 12.2. The maximum atomic E-state index is 11.9. The van der Waals surface area contributed by atoms with Gasteiger partial charge in [0.1, 0.15) is 0 Å². The highest BCUT2D eigenvalue weighted by atomic mass is 79.9. The van der Waals surface area contributed by atoms with Gasteiger partial charge >= 0.3 is 0 Å². The molecule has 2 rings (SSSR count). The van der Waals surface area contributed by atoms with Crippen LogP contribution in [0.3, 0.4) is 0 Å². The average Bonchev–Trinajstić information content (AvgIpc) is 2.69. The molecule has 1 N–H and O–H groups in total. The second kappa shape index (κ2) is 4.93. The average molecular weight is 354 g/mol. The van der Waals surface area contributed by atoms with Crippen LogP contribution in [0.4, 0.5) is 5.69 Å². The van der Waals surface area contributed by atoms with E-state index in [0.717, 1.165) is 11.3 Å². The zero-order valence-electron chi connectivity index (χ0n) is 8.22. The minimum absolute atomic E-state index is 0.0817. The highest BCUT2D eigenvalue weighted by Crippen LogP contribution is 2.27. The fourth-order valence-corrected chi connectivity index (χ4v) is 3.99. The van der Waals surface area contributed by atoms with E-state index in [9.17, 15) is 8.42 Å². The monoisotopic (exact) mass is 352 g/mol. The molecule has 1 heterocycles. The summed E-state index contributed by atoms with van der Waals surface area (Å²) in [5.41, 5.74) is 0.469. The van der Waals surface area contributed by atoms with E-state index in [-0.39, 0.29) is 8.68 Å². The van der Waals surface area contributed by atoms with E-state index in [4.69, 9.17) is 11.6 Å². The first kappa shape index (κ1) is 12.8. The molecule has 0 amide bonds. The number of para-hydroxylation sites is 1. The summed E-state index contributed by atoms with van der Waals surface area (Å²) in [4.78, 5) is 3.70. The van der Waals surface area contributed by atoms with Gasteiger partial charge in [0.2, 0.25) is 0 Å². The Balaban J connectivity index is 2.33. The molecule has 0 saturated carbocycles. The van der Waals surface area contributed by atoms with Gasteiger partial charge in [0.25, 0.3) is 10.0 Å². The minimum atomic E-state index is -3.62. The van der Waals surface area contributed by atoms with Crippen LogP contribution >= 0.6 is 38.9 Å². The van der Waals surface area contributed by atoms with E-state index in [0.29, 0.717) is 10.2 Å². The molecule has 0 saturated heterocycles. The van der Waals surface area contributed by atoms with Gasteiger partial charge in [-0.1, -0.05) is 35.1 Å². The Hall–Kier alpha value is -0.630. The first-order valence-electron chi connectivity index (χ1n) is 4.38. The summed E-state index contributed by atoms with van der Waals surface area (Å²) in [5.74, 6) is 0. The summed E-state index contributed by atoms with van der Waals surface area (Å²) in [6.45, 7) is 0. The molecule has 0 atom stereocenters. The van der Waals surface area contributed by atoms with Gasteiger partial charge in [-0.25, -0.2) is 13.4 Å². The lowest BCUT2D eigenvalue weighted by atomic mass is 10.3. The number of halogens is 2. The molecule has 0 bridgehead atoms. The third-order valence-electron chi connectivity index (χ3n) is 1.84. The van der Waals surface area contributed by atoms with Crippen molar-refractivity contribution < 1.29 is 8.42 Å². The smallest absolute Gasteiger partial charge is 0.273 e. The number of rotatable bonds is 3. The molecule has 17 heavy (non-hydrogen) atoms. The molecule has 8 heteroatoms. The number of nitrogens with one attached hydrogen (secondary N) is 1. The van der Waals surface area contributed by atoms with Gasteiger partial charge in [0.15, 0.2) is 8.68 Å². The number of benzene rings is 1. The first-order chi connectivity index (χ1) is 7.99. The van der Waals surface area contributed by atoms with E-state index in [1.807, 2.05) is 0 Å². The highest BCUT2D eigenvalue weighted by Gasteiger charge is 2.18. The van der Waals surface area contributed by atoms with Crippen molar-refractivity contribution in [1.82, 2.24) is 4.98 Å². The molecule has 90 valence electrons. The molecule has 0 aliphatic carbocycles. The van der Waals surface area contributed by atoms with Gasteiger partial charge in [-0.15, -0.1) is 0 Å². The largest absolute Gasteiger partial charge is 0.278 e. The van der Waals surface area contributed by atoms with E-state index < -0.39 is 10.0 Å². The molecule has 4 nitrogen and oxygen atoms in total. The normalized spacial score (nSPS) is 11.4. The maximum absolute atomic E-state index is 11.9. The molecule has 0 radical (unpaired) electrons. The predicted molar refractivity (Wildman–Crippen MR) is 72.1 cm³/mol. The Kier molecular flexibility index (Phi) is 3.72. The molecule has 1 aromatic carbocycles. The lowest BCUT2D eigenvalue weighted by Crippen LogP contribution is -2.11. The lowest BCUT2D eigenvalue weighted by Gasteiger charge is -2.07.